The molecule has 2 aromatic rings. The van der Waals surface area contributed by atoms with Crippen LogP contribution in [0.25, 0.3) is 10.9 Å². The van der Waals surface area contributed by atoms with E-state index in [0.29, 0.717) is 18.7 Å². The number of fused-ring (bicyclic) bond motifs is 1. The summed E-state index contributed by atoms with van der Waals surface area (Å²) in [5, 5.41) is 4.11. The van der Waals surface area contributed by atoms with Crippen molar-refractivity contribution in [1.82, 2.24) is 4.98 Å². The van der Waals surface area contributed by atoms with Crippen LogP contribution < -0.4 is 16.8 Å². The standard InChI is InChI=1S/C13H16N4O/c14-6-3-7-16-12-9-4-1-2-5-11(9)17-8-10(12)13(15)18/h1-2,4-5,8H,3,6-7,14H2,(H2,15,18)(H,16,17). The van der Waals surface area contributed by atoms with Gasteiger partial charge in [0.2, 0.25) is 0 Å². The molecular formula is C13H16N4O. The molecule has 94 valence electrons. The first-order chi connectivity index (χ1) is 8.74. The third-order valence-corrected chi connectivity index (χ3v) is 2.72. The first kappa shape index (κ1) is 12.3. The molecule has 1 heterocycles. The van der Waals surface area contributed by atoms with Gasteiger partial charge in [-0.2, -0.15) is 0 Å². The number of rotatable bonds is 5. The van der Waals surface area contributed by atoms with Crippen LogP contribution in [0.1, 0.15) is 16.8 Å². The summed E-state index contributed by atoms with van der Waals surface area (Å²) >= 11 is 0. The quantitative estimate of drug-likeness (QED) is 0.686. The molecule has 0 aliphatic carbocycles. The minimum absolute atomic E-state index is 0.408. The Morgan fingerprint density at radius 3 is 2.83 bits per heavy atom. The molecule has 0 bridgehead atoms. The van der Waals surface area contributed by atoms with Gasteiger partial charge < -0.3 is 16.8 Å². The average Bonchev–Trinajstić information content (AvgIpc) is 2.38. The van der Waals surface area contributed by atoms with Gasteiger partial charge in [0, 0.05) is 18.1 Å². The van der Waals surface area contributed by atoms with E-state index in [4.69, 9.17) is 11.5 Å². The second-order valence-electron chi connectivity index (χ2n) is 4.00. The second kappa shape index (κ2) is 5.46. The van der Waals surface area contributed by atoms with Gasteiger partial charge in [-0.05, 0) is 19.0 Å². The summed E-state index contributed by atoms with van der Waals surface area (Å²) in [7, 11) is 0. The van der Waals surface area contributed by atoms with Gasteiger partial charge in [-0.25, -0.2) is 0 Å². The number of aromatic nitrogens is 1. The van der Waals surface area contributed by atoms with Crippen LogP contribution in [0.5, 0.6) is 0 Å². The van der Waals surface area contributed by atoms with Crippen LogP contribution in [0.2, 0.25) is 0 Å². The molecule has 5 nitrogen and oxygen atoms in total. The maximum absolute atomic E-state index is 11.4. The van der Waals surface area contributed by atoms with E-state index in [-0.39, 0.29) is 0 Å². The van der Waals surface area contributed by atoms with Gasteiger partial charge in [-0.1, -0.05) is 18.2 Å². The lowest BCUT2D eigenvalue weighted by Crippen LogP contribution is -2.16. The van der Waals surface area contributed by atoms with Crippen LogP contribution in [0, 0.1) is 0 Å². The zero-order chi connectivity index (χ0) is 13.0. The normalized spacial score (nSPS) is 10.5. The van der Waals surface area contributed by atoms with Gasteiger partial charge in [0.1, 0.15) is 0 Å². The monoisotopic (exact) mass is 244 g/mol. The Kier molecular flexibility index (Phi) is 3.74. The van der Waals surface area contributed by atoms with Crippen molar-refractivity contribution in [2.45, 2.75) is 6.42 Å². The van der Waals surface area contributed by atoms with E-state index in [1.54, 1.807) is 0 Å². The fraction of sp³-hybridized carbons (Fsp3) is 0.231. The highest BCUT2D eigenvalue weighted by atomic mass is 16.1. The predicted molar refractivity (Wildman–Crippen MR) is 72.4 cm³/mol. The Morgan fingerprint density at radius 2 is 2.11 bits per heavy atom. The van der Waals surface area contributed by atoms with E-state index in [0.717, 1.165) is 23.0 Å². The van der Waals surface area contributed by atoms with Gasteiger partial charge in [0.15, 0.2) is 0 Å². The van der Waals surface area contributed by atoms with Crippen LogP contribution >= 0.6 is 0 Å². The molecule has 18 heavy (non-hydrogen) atoms. The molecule has 0 fully saturated rings. The van der Waals surface area contributed by atoms with Crippen molar-refractivity contribution in [3.05, 3.63) is 36.0 Å². The molecule has 5 N–H and O–H groups in total. The van der Waals surface area contributed by atoms with Crippen molar-refractivity contribution in [2.75, 3.05) is 18.4 Å². The summed E-state index contributed by atoms with van der Waals surface area (Å²) in [6.45, 7) is 1.30. The zero-order valence-electron chi connectivity index (χ0n) is 10.0. The number of nitrogens with zero attached hydrogens (tertiary/aromatic N) is 1. The number of primary amides is 1. The fourth-order valence-corrected chi connectivity index (χ4v) is 1.83. The smallest absolute Gasteiger partial charge is 0.252 e. The summed E-state index contributed by atoms with van der Waals surface area (Å²) in [5.41, 5.74) is 12.8. The predicted octanol–water partition coefficient (Wildman–Crippen LogP) is 1.09. The minimum Gasteiger partial charge on any atom is -0.384 e. The minimum atomic E-state index is -0.483. The molecule has 5 heteroatoms. The Labute approximate surface area is 105 Å². The Balaban J connectivity index is 2.48. The molecule has 0 aliphatic heterocycles. The molecule has 0 aliphatic rings. The maximum Gasteiger partial charge on any atom is 0.252 e. The molecule has 0 saturated carbocycles. The third-order valence-electron chi connectivity index (χ3n) is 2.72. The van der Waals surface area contributed by atoms with Crippen LogP contribution in [-0.4, -0.2) is 24.0 Å². The highest BCUT2D eigenvalue weighted by Gasteiger charge is 2.12. The number of carbonyl (C=O) groups excluding carboxylic acids is 1. The molecule has 0 saturated heterocycles. The number of amides is 1. The van der Waals surface area contributed by atoms with Crippen LogP contribution in [0.3, 0.4) is 0 Å². The lowest BCUT2D eigenvalue weighted by molar-refractivity contribution is 0.100. The highest BCUT2D eigenvalue weighted by molar-refractivity contribution is 6.06. The Bertz CT molecular complexity index is 568. The molecule has 2 rings (SSSR count). The van der Waals surface area contributed by atoms with E-state index in [1.807, 2.05) is 24.3 Å². The molecule has 0 unspecified atom stereocenters. The van der Waals surface area contributed by atoms with Gasteiger partial charge in [0.05, 0.1) is 16.8 Å². The van der Waals surface area contributed by atoms with E-state index < -0.39 is 5.91 Å². The topological polar surface area (TPSA) is 94.0 Å². The van der Waals surface area contributed by atoms with Crippen molar-refractivity contribution in [3.8, 4) is 0 Å². The number of benzene rings is 1. The number of nitrogens with two attached hydrogens (primary N) is 2. The van der Waals surface area contributed by atoms with Crippen LogP contribution in [0.15, 0.2) is 30.5 Å². The van der Waals surface area contributed by atoms with E-state index in [9.17, 15) is 4.79 Å². The number of hydrogen-bond donors (Lipinski definition) is 3. The molecule has 0 radical (unpaired) electrons. The van der Waals surface area contributed by atoms with Crippen molar-refractivity contribution in [1.29, 1.82) is 0 Å². The van der Waals surface area contributed by atoms with E-state index in [1.165, 1.54) is 6.20 Å². The highest BCUT2D eigenvalue weighted by Crippen LogP contribution is 2.25. The van der Waals surface area contributed by atoms with Gasteiger partial charge >= 0.3 is 0 Å². The van der Waals surface area contributed by atoms with Crippen molar-refractivity contribution >= 4 is 22.5 Å². The molecule has 0 spiro atoms. The van der Waals surface area contributed by atoms with Crippen molar-refractivity contribution < 1.29 is 4.79 Å². The maximum atomic E-state index is 11.4. The van der Waals surface area contributed by atoms with Gasteiger partial charge in [-0.3, -0.25) is 9.78 Å². The largest absolute Gasteiger partial charge is 0.384 e. The van der Waals surface area contributed by atoms with Gasteiger partial charge in [-0.15, -0.1) is 0 Å². The fourth-order valence-electron chi connectivity index (χ4n) is 1.83. The third kappa shape index (κ3) is 2.41. The molecule has 1 aromatic heterocycles. The number of carbonyl (C=O) groups is 1. The first-order valence-electron chi connectivity index (χ1n) is 5.85. The van der Waals surface area contributed by atoms with E-state index >= 15 is 0 Å². The van der Waals surface area contributed by atoms with Crippen LogP contribution in [-0.2, 0) is 0 Å². The number of pyridine rings is 1. The molecule has 1 amide bonds. The number of nitrogens with one attached hydrogen (secondary N) is 1. The Hall–Kier alpha value is -2.14. The lowest BCUT2D eigenvalue weighted by atomic mass is 10.1. The molecular weight excluding hydrogens is 228 g/mol. The SMILES string of the molecule is NCCCNc1c(C(N)=O)cnc2ccccc12. The number of para-hydroxylation sites is 1. The molecule has 1 aromatic carbocycles. The van der Waals surface area contributed by atoms with Crippen molar-refractivity contribution in [2.24, 2.45) is 11.5 Å². The summed E-state index contributed by atoms with van der Waals surface area (Å²) < 4.78 is 0. The summed E-state index contributed by atoms with van der Waals surface area (Å²) in [6, 6.07) is 7.62. The number of hydrogen-bond acceptors (Lipinski definition) is 4. The number of anilines is 1. The summed E-state index contributed by atoms with van der Waals surface area (Å²) in [5.74, 6) is -0.483. The molecule has 0 atom stereocenters. The lowest BCUT2D eigenvalue weighted by Gasteiger charge is -2.12. The second-order valence-corrected chi connectivity index (χ2v) is 4.00. The Morgan fingerprint density at radius 1 is 1.33 bits per heavy atom. The average molecular weight is 244 g/mol. The summed E-state index contributed by atoms with van der Waals surface area (Å²) in [6.07, 6.45) is 2.34. The van der Waals surface area contributed by atoms with Crippen LogP contribution in [0.4, 0.5) is 5.69 Å². The van der Waals surface area contributed by atoms with Gasteiger partial charge in [0.25, 0.3) is 5.91 Å². The van der Waals surface area contributed by atoms with Crippen molar-refractivity contribution in [3.63, 3.8) is 0 Å². The first-order valence-corrected chi connectivity index (χ1v) is 5.85. The summed E-state index contributed by atoms with van der Waals surface area (Å²) in [4.78, 5) is 15.6. The zero-order valence-corrected chi connectivity index (χ0v) is 10.0. The van der Waals surface area contributed by atoms with E-state index in [2.05, 4.69) is 10.3 Å².